The zero-order chi connectivity index (χ0) is 22.5. The summed E-state index contributed by atoms with van der Waals surface area (Å²) in [6.07, 6.45) is 0.860. The molecule has 0 aliphatic rings. The number of anilines is 1. The fourth-order valence-electron chi connectivity index (χ4n) is 2.72. The van der Waals surface area contributed by atoms with Gasteiger partial charge in [-0.15, -0.1) is 0 Å². The molecule has 1 amide bonds. The average Bonchev–Trinajstić information content (AvgIpc) is 2.70. The lowest BCUT2D eigenvalue weighted by molar-refractivity contribution is -0.119. The third-order valence-electron chi connectivity index (χ3n) is 4.14. The molecule has 0 bridgehead atoms. The summed E-state index contributed by atoms with van der Waals surface area (Å²) in [6, 6.07) is 5.86. The maximum Gasteiger partial charge on any atom is 0.241 e. The lowest BCUT2D eigenvalue weighted by Crippen LogP contribution is -2.40. The number of carbonyl (C=O) groups excluding carboxylic acids is 1. The number of nitrogens with zero attached hydrogens (tertiary/aromatic N) is 1. The fraction of sp³-hybridized carbons (Fsp3) is 0.316. The van der Waals surface area contributed by atoms with Crippen LogP contribution in [0.3, 0.4) is 0 Å². The van der Waals surface area contributed by atoms with Crippen LogP contribution in [0.1, 0.15) is 5.56 Å². The van der Waals surface area contributed by atoms with Gasteiger partial charge in [0.05, 0.1) is 33.3 Å². The summed E-state index contributed by atoms with van der Waals surface area (Å²) in [7, 11) is 0.400. The Hall–Kier alpha value is -3.08. The first-order valence-corrected chi connectivity index (χ1v) is 10.4. The second kappa shape index (κ2) is 9.61. The largest absolute Gasteiger partial charge is 0.493 e. The fourth-order valence-corrected chi connectivity index (χ4v) is 3.57. The van der Waals surface area contributed by atoms with Gasteiger partial charge in [-0.3, -0.25) is 9.10 Å². The van der Waals surface area contributed by atoms with E-state index in [-0.39, 0.29) is 12.2 Å². The van der Waals surface area contributed by atoms with Crippen LogP contribution in [0.25, 0.3) is 0 Å². The van der Waals surface area contributed by atoms with Gasteiger partial charge in [-0.05, 0) is 24.3 Å². The van der Waals surface area contributed by atoms with Crippen molar-refractivity contribution in [2.45, 2.75) is 6.54 Å². The third-order valence-corrected chi connectivity index (χ3v) is 5.28. The number of hydrogen-bond acceptors (Lipinski definition) is 6. The molecule has 0 atom stereocenters. The van der Waals surface area contributed by atoms with Crippen LogP contribution in [-0.2, 0) is 21.4 Å². The molecule has 0 aliphatic heterocycles. The topological polar surface area (TPSA) is 94.2 Å². The van der Waals surface area contributed by atoms with E-state index in [1.807, 2.05) is 0 Å². The number of carbonyl (C=O) groups is 1. The molecule has 0 radical (unpaired) electrons. The highest BCUT2D eigenvalue weighted by atomic mass is 32.2. The van der Waals surface area contributed by atoms with E-state index in [9.17, 15) is 22.0 Å². The maximum atomic E-state index is 13.5. The van der Waals surface area contributed by atoms with Crippen LogP contribution in [0.15, 0.2) is 30.3 Å². The monoisotopic (exact) mass is 444 g/mol. The summed E-state index contributed by atoms with van der Waals surface area (Å²) in [5.41, 5.74) is 0.387. The minimum absolute atomic E-state index is 0.00224. The summed E-state index contributed by atoms with van der Waals surface area (Å²) in [4.78, 5) is 12.4. The maximum absolute atomic E-state index is 13.5. The molecule has 2 aromatic rings. The molecule has 11 heteroatoms. The van der Waals surface area contributed by atoms with Crippen LogP contribution in [0.4, 0.5) is 14.5 Å². The van der Waals surface area contributed by atoms with Crippen LogP contribution in [0.5, 0.6) is 17.2 Å². The lowest BCUT2D eigenvalue weighted by atomic mass is 10.1. The summed E-state index contributed by atoms with van der Waals surface area (Å²) in [5, 5.41) is 2.57. The van der Waals surface area contributed by atoms with E-state index >= 15 is 0 Å². The number of rotatable bonds is 9. The summed E-state index contributed by atoms with van der Waals surface area (Å²) < 4.78 is 67.3. The molecule has 0 aliphatic carbocycles. The van der Waals surface area contributed by atoms with Gasteiger partial charge in [0.15, 0.2) is 23.1 Å². The minimum Gasteiger partial charge on any atom is -0.493 e. The normalized spacial score (nSPS) is 11.0. The van der Waals surface area contributed by atoms with E-state index in [0.29, 0.717) is 33.2 Å². The number of halogens is 2. The van der Waals surface area contributed by atoms with E-state index in [1.165, 1.54) is 21.3 Å². The average molecular weight is 444 g/mol. The molecule has 2 rings (SSSR count). The number of methoxy groups -OCH3 is 3. The number of ether oxygens (including phenoxy) is 3. The SMILES string of the molecule is COc1ccc(CNC(=O)CN(c2ccc(F)c(F)c2)S(C)(=O)=O)c(OC)c1OC. The van der Waals surface area contributed by atoms with Crippen molar-refractivity contribution in [1.29, 1.82) is 0 Å². The molecule has 0 aromatic heterocycles. The van der Waals surface area contributed by atoms with Crippen LogP contribution < -0.4 is 23.8 Å². The Kier molecular flexibility index (Phi) is 7.43. The van der Waals surface area contributed by atoms with Crippen LogP contribution in [0, 0.1) is 11.6 Å². The molecule has 0 unspecified atom stereocenters. The van der Waals surface area contributed by atoms with Gasteiger partial charge in [-0.1, -0.05) is 0 Å². The van der Waals surface area contributed by atoms with Crippen molar-refractivity contribution in [2.75, 3.05) is 38.4 Å². The number of hydrogen-bond donors (Lipinski definition) is 1. The molecule has 1 N–H and O–H groups in total. The van der Waals surface area contributed by atoms with Gasteiger partial charge >= 0.3 is 0 Å². The number of benzene rings is 2. The minimum atomic E-state index is -3.94. The van der Waals surface area contributed by atoms with E-state index in [4.69, 9.17) is 14.2 Å². The highest BCUT2D eigenvalue weighted by molar-refractivity contribution is 7.92. The Balaban J connectivity index is 2.20. The Morgan fingerprint density at radius 2 is 1.67 bits per heavy atom. The van der Waals surface area contributed by atoms with Gasteiger partial charge in [-0.25, -0.2) is 17.2 Å². The van der Waals surface area contributed by atoms with Gasteiger partial charge in [0.25, 0.3) is 0 Å². The predicted octanol–water partition coefficient (Wildman–Crippen LogP) is 2.07. The smallest absolute Gasteiger partial charge is 0.241 e. The molecule has 8 nitrogen and oxygen atoms in total. The van der Waals surface area contributed by atoms with Crippen molar-refractivity contribution in [3.63, 3.8) is 0 Å². The first-order chi connectivity index (χ1) is 14.1. The number of nitrogens with one attached hydrogen (secondary N) is 1. The number of amides is 1. The van der Waals surface area contributed by atoms with Crippen molar-refractivity contribution >= 4 is 21.6 Å². The molecular weight excluding hydrogens is 422 g/mol. The Morgan fingerprint density at radius 1 is 1.00 bits per heavy atom. The molecule has 30 heavy (non-hydrogen) atoms. The van der Waals surface area contributed by atoms with Crippen molar-refractivity contribution in [3.05, 3.63) is 47.5 Å². The molecule has 0 spiro atoms. The summed E-state index contributed by atoms with van der Waals surface area (Å²) in [5.74, 6) is -1.90. The first-order valence-electron chi connectivity index (χ1n) is 8.59. The highest BCUT2D eigenvalue weighted by Crippen LogP contribution is 2.39. The Morgan fingerprint density at radius 3 is 2.20 bits per heavy atom. The van der Waals surface area contributed by atoms with Gasteiger partial charge in [-0.2, -0.15) is 0 Å². The van der Waals surface area contributed by atoms with E-state index in [0.717, 1.165) is 18.4 Å². The quantitative estimate of drug-likeness (QED) is 0.637. The molecule has 0 fully saturated rings. The van der Waals surface area contributed by atoms with E-state index < -0.39 is 34.1 Å². The van der Waals surface area contributed by atoms with Crippen LogP contribution in [0.2, 0.25) is 0 Å². The van der Waals surface area contributed by atoms with Crippen molar-refractivity contribution in [2.24, 2.45) is 0 Å². The van der Waals surface area contributed by atoms with Crippen molar-refractivity contribution in [1.82, 2.24) is 5.32 Å². The van der Waals surface area contributed by atoms with Crippen molar-refractivity contribution < 1.29 is 36.2 Å². The van der Waals surface area contributed by atoms with Crippen LogP contribution >= 0.6 is 0 Å². The standard InChI is InChI=1S/C19H22F2N2O6S/c1-27-16-8-5-12(18(28-2)19(16)29-3)10-22-17(24)11-23(30(4,25)26)13-6-7-14(20)15(21)9-13/h5-9H,10-11H2,1-4H3,(H,22,24). The molecule has 2 aromatic carbocycles. The summed E-state index contributed by atoms with van der Waals surface area (Å²) >= 11 is 0. The second-order valence-electron chi connectivity index (χ2n) is 6.14. The molecule has 0 saturated carbocycles. The zero-order valence-electron chi connectivity index (χ0n) is 16.9. The van der Waals surface area contributed by atoms with Gasteiger partial charge in [0.1, 0.15) is 6.54 Å². The van der Waals surface area contributed by atoms with Crippen molar-refractivity contribution in [3.8, 4) is 17.2 Å². The van der Waals surface area contributed by atoms with Crippen LogP contribution in [-0.4, -0.2) is 48.5 Å². The molecule has 0 heterocycles. The first kappa shape index (κ1) is 23.2. The van der Waals surface area contributed by atoms with Gasteiger partial charge in [0, 0.05) is 18.2 Å². The summed E-state index contributed by atoms with van der Waals surface area (Å²) in [6.45, 7) is -0.628. The number of sulfonamides is 1. The predicted molar refractivity (Wildman–Crippen MR) is 106 cm³/mol. The molecule has 164 valence electrons. The lowest BCUT2D eigenvalue weighted by Gasteiger charge is -2.22. The second-order valence-corrected chi connectivity index (χ2v) is 8.05. The third kappa shape index (κ3) is 5.29. The van der Waals surface area contributed by atoms with E-state index in [1.54, 1.807) is 12.1 Å². The Bertz CT molecular complexity index is 1030. The Labute approximate surface area is 173 Å². The van der Waals surface area contributed by atoms with E-state index in [2.05, 4.69) is 5.32 Å². The zero-order valence-corrected chi connectivity index (χ0v) is 17.7. The molecule has 0 saturated heterocycles. The van der Waals surface area contributed by atoms with Gasteiger partial charge < -0.3 is 19.5 Å². The van der Waals surface area contributed by atoms with Gasteiger partial charge in [0.2, 0.25) is 21.7 Å². The molecular formula is C19H22F2N2O6S. The highest BCUT2D eigenvalue weighted by Gasteiger charge is 2.23.